The number of nitrogens with zero attached hydrogens (tertiary/aromatic N) is 1. The predicted octanol–water partition coefficient (Wildman–Crippen LogP) is 4.72. The lowest BCUT2D eigenvalue weighted by atomic mass is 10.1. The molecule has 3 aromatic rings. The Morgan fingerprint density at radius 3 is 2.67 bits per heavy atom. The smallest absolute Gasteiger partial charge is 0.243 e. The molecule has 2 heterocycles. The highest BCUT2D eigenvalue weighted by Gasteiger charge is 2.23. The molecule has 0 radical (unpaired) electrons. The zero-order valence-electron chi connectivity index (χ0n) is 13.8. The van der Waals surface area contributed by atoms with Gasteiger partial charge in [0.15, 0.2) is 11.5 Å². The lowest BCUT2D eigenvalue weighted by Gasteiger charge is -2.05. The van der Waals surface area contributed by atoms with Crippen molar-refractivity contribution in [3.8, 4) is 11.5 Å². The number of anilines is 3. The number of nitrogen functional groups attached to an aromatic ring is 1. The summed E-state index contributed by atoms with van der Waals surface area (Å²) >= 11 is 1.08. The first kappa shape index (κ1) is 16.9. The topological polar surface area (TPSA) is 77.9 Å². The van der Waals surface area contributed by atoms with Crippen LogP contribution in [0.3, 0.4) is 0 Å². The lowest BCUT2D eigenvalue weighted by molar-refractivity contribution is 0.104. The van der Waals surface area contributed by atoms with Gasteiger partial charge in [-0.2, -0.15) is 0 Å². The number of ether oxygens (including phenoxy) is 2. The molecule has 6 nitrogen and oxygen atoms in total. The molecule has 0 saturated heterocycles. The van der Waals surface area contributed by atoms with E-state index < -0.39 is 5.82 Å². The number of nitrogens with two attached hydrogens (primary N) is 1. The minimum absolute atomic E-state index is 0.104. The molecule has 1 aromatic heterocycles. The van der Waals surface area contributed by atoms with E-state index in [0.717, 1.165) is 11.3 Å². The molecule has 3 N–H and O–H groups in total. The highest BCUT2D eigenvalue weighted by Crippen LogP contribution is 2.45. The zero-order valence-corrected chi connectivity index (χ0v) is 14.6. The van der Waals surface area contributed by atoms with Gasteiger partial charge in [0.05, 0.1) is 17.1 Å². The van der Waals surface area contributed by atoms with Crippen LogP contribution in [0.15, 0.2) is 42.5 Å². The molecule has 0 saturated carbocycles. The lowest BCUT2D eigenvalue weighted by Crippen LogP contribution is -2.01. The molecule has 8 heteroatoms. The molecule has 0 fully saturated rings. The van der Waals surface area contributed by atoms with Gasteiger partial charge in [-0.25, -0.2) is 9.24 Å². The van der Waals surface area contributed by atoms with Crippen molar-refractivity contribution >= 4 is 39.2 Å². The van der Waals surface area contributed by atoms with Gasteiger partial charge < -0.3 is 20.5 Å². The third-order valence-electron chi connectivity index (χ3n) is 3.97. The second kappa shape index (κ2) is 6.63. The van der Waals surface area contributed by atoms with Crippen LogP contribution in [0.2, 0.25) is 0 Å². The maximum absolute atomic E-state index is 13.1. The van der Waals surface area contributed by atoms with Gasteiger partial charge in [-0.3, -0.25) is 4.79 Å². The van der Waals surface area contributed by atoms with Crippen LogP contribution in [0.25, 0.3) is 4.85 Å². The Morgan fingerprint density at radius 1 is 1.19 bits per heavy atom. The summed E-state index contributed by atoms with van der Waals surface area (Å²) in [6.45, 7) is 7.57. The molecular formula is C19H12FN3O3S. The summed E-state index contributed by atoms with van der Waals surface area (Å²) in [7, 11) is 0. The highest BCUT2D eigenvalue weighted by molar-refractivity contribution is 7.19. The van der Waals surface area contributed by atoms with E-state index in [-0.39, 0.29) is 28.8 Å². The first-order valence-electron chi connectivity index (χ1n) is 7.83. The van der Waals surface area contributed by atoms with Gasteiger partial charge in [0.2, 0.25) is 18.3 Å². The van der Waals surface area contributed by atoms with Gasteiger partial charge in [0.25, 0.3) is 0 Å². The normalized spacial score (nSPS) is 11.9. The van der Waals surface area contributed by atoms with Crippen LogP contribution >= 0.6 is 11.3 Å². The average Bonchev–Trinajstić information content (AvgIpc) is 3.25. The zero-order chi connectivity index (χ0) is 19.0. The first-order chi connectivity index (χ1) is 13.1. The molecule has 0 bridgehead atoms. The van der Waals surface area contributed by atoms with E-state index in [1.165, 1.54) is 24.3 Å². The van der Waals surface area contributed by atoms with Crippen molar-refractivity contribution < 1.29 is 18.7 Å². The molecule has 0 atom stereocenters. The standard InChI is InChI=1S/C19H12FN3O3S/c1-22-16-15(21)18(17(24)10-2-4-11(20)5-3-10)27-19(16)23-12-6-7-13-14(8-12)26-9-25-13/h2-8,23H,9,21H2. The van der Waals surface area contributed by atoms with Crippen molar-refractivity contribution in [2.24, 2.45) is 0 Å². The summed E-state index contributed by atoms with van der Waals surface area (Å²) in [5.41, 5.74) is 7.29. The monoisotopic (exact) mass is 381 g/mol. The number of hydrogen-bond acceptors (Lipinski definition) is 6. The molecule has 0 aliphatic carbocycles. The quantitative estimate of drug-likeness (QED) is 0.505. The van der Waals surface area contributed by atoms with E-state index in [0.29, 0.717) is 27.8 Å². The average molecular weight is 381 g/mol. The summed E-state index contributed by atoms with van der Waals surface area (Å²) < 4.78 is 23.7. The minimum Gasteiger partial charge on any atom is -0.454 e. The van der Waals surface area contributed by atoms with Crippen LogP contribution in [0.4, 0.5) is 26.5 Å². The van der Waals surface area contributed by atoms with Gasteiger partial charge in [0, 0.05) is 17.3 Å². The Kier molecular flexibility index (Phi) is 4.14. The van der Waals surface area contributed by atoms with Gasteiger partial charge >= 0.3 is 0 Å². The van der Waals surface area contributed by atoms with Crippen molar-refractivity contribution in [1.82, 2.24) is 0 Å². The summed E-state index contributed by atoms with van der Waals surface area (Å²) in [5, 5.41) is 3.56. The van der Waals surface area contributed by atoms with Crippen molar-refractivity contribution in [2.75, 3.05) is 17.8 Å². The van der Waals surface area contributed by atoms with Crippen molar-refractivity contribution in [1.29, 1.82) is 0 Å². The molecule has 0 amide bonds. The van der Waals surface area contributed by atoms with Crippen LogP contribution in [0.1, 0.15) is 15.2 Å². The first-order valence-corrected chi connectivity index (χ1v) is 8.65. The predicted molar refractivity (Wildman–Crippen MR) is 101 cm³/mol. The van der Waals surface area contributed by atoms with Gasteiger partial charge in [-0.15, -0.1) is 11.3 Å². The van der Waals surface area contributed by atoms with E-state index in [2.05, 4.69) is 10.2 Å². The SMILES string of the molecule is [C-]#[N+]c1c(Nc2ccc3c(c2)OCO3)sc(C(=O)c2ccc(F)cc2)c1N. The molecule has 1 aliphatic heterocycles. The number of halogens is 1. The Labute approximate surface area is 157 Å². The molecule has 2 aromatic carbocycles. The van der Waals surface area contributed by atoms with Crippen LogP contribution in [-0.2, 0) is 0 Å². The summed E-state index contributed by atoms with van der Waals surface area (Å²) in [6.07, 6.45) is 0. The van der Waals surface area contributed by atoms with Gasteiger partial charge in [-0.05, 0) is 36.4 Å². The Morgan fingerprint density at radius 2 is 1.93 bits per heavy atom. The molecule has 4 rings (SSSR count). The number of rotatable bonds is 4. The van der Waals surface area contributed by atoms with Crippen LogP contribution in [0.5, 0.6) is 11.5 Å². The maximum Gasteiger partial charge on any atom is 0.243 e. The van der Waals surface area contributed by atoms with Crippen molar-refractivity contribution in [2.45, 2.75) is 0 Å². The fourth-order valence-electron chi connectivity index (χ4n) is 2.64. The third-order valence-corrected chi connectivity index (χ3v) is 5.08. The van der Waals surface area contributed by atoms with Gasteiger partial charge in [-0.1, -0.05) is 0 Å². The van der Waals surface area contributed by atoms with Crippen molar-refractivity contribution in [3.05, 3.63) is 70.1 Å². The third kappa shape index (κ3) is 3.05. The summed E-state index contributed by atoms with van der Waals surface area (Å²) in [5.74, 6) is 0.444. The summed E-state index contributed by atoms with van der Waals surface area (Å²) in [6, 6.07) is 10.5. The number of carbonyl (C=O) groups is 1. The second-order valence-corrected chi connectivity index (χ2v) is 6.68. The molecule has 0 unspecified atom stereocenters. The fourth-order valence-corrected chi connectivity index (χ4v) is 3.68. The fraction of sp³-hybridized carbons (Fsp3) is 0.0526. The van der Waals surface area contributed by atoms with Crippen LogP contribution in [-0.4, -0.2) is 12.6 Å². The van der Waals surface area contributed by atoms with E-state index >= 15 is 0 Å². The second-order valence-electron chi connectivity index (χ2n) is 5.66. The van der Waals surface area contributed by atoms with Crippen LogP contribution < -0.4 is 20.5 Å². The van der Waals surface area contributed by atoms with E-state index in [1.54, 1.807) is 18.2 Å². The molecule has 134 valence electrons. The van der Waals surface area contributed by atoms with Crippen molar-refractivity contribution in [3.63, 3.8) is 0 Å². The largest absolute Gasteiger partial charge is 0.454 e. The number of thiophene rings is 1. The molecule has 27 heavy (non-hydrogen) atoms. The van der Waals surface area contributed by atoms with E-state index in [9.17, 15) is 9.18 Å². The number of carbonyl (C=O) groups excluding carboxylic acids is 1. The molecule has 0 spiro atoms. The van der Waals surface area contributed by atoms with Crippen LogP contribution in [0, 0.1) is 12.4 Å². The van der Waals surface area contributed by atoms with Gasteiger partial charge in [0.1, 0.15) is 10.8 Å². The molecule has 1 aliphatic rings. The summed E-state index contributed by atoms with van der Waals surface area (Å²) in [4.78, 5) is 16.4. The number of ketones is 1. The highest BCUT2D eigenvalue weighted by atomic mass is 32.1. The Bertz CT molecular complexity index is 1090. The Balaban J connectivity index is 1.68. The Hall–Kier alpha value is -3.57. The molecular weight excluding hydrogens is 369 g/mol. The number of fused-ring (bicyclic) bond motifs is 1. The van der Waals surface area contributed by atoms with E-state index in [4.69, 9.17) is 21.8 Å². The minimum atomic E-state index is -0.433. The number of benzene rings is 2. The number of nitrogens with one attached hydrogen (secondary N) is 1. The number of hydrogen-bond donors (Lipinski definition) is 2. The maximum atomic E-state index is 13.1. The van der Waals surface area contributed by atoms with E-state index in [1.807, 2.05) is 0 Å².